The summed E-state index contributed by atoms with van der Waals surface area (Å²) in [7, 11) is 0. The molecule has 3 aromatic rings. The fraction of sp³-hybridized carbons (Fsp3) is 0.381. The predicted molar refractivity (Wildman–Crippen MR) is 115 cm³/mol. The number of benzene rings is 1. The van der Waals surface area contributed by atoms with Crippen LogP contribution in [0.25, 0.3) is 5.13 Å². The smallest absolute Gasteiger partial charge is 0.277 e. The Kier molecular flexibility index (Phi) is 5.46. The maximum Gasteiger partial charge on any atom is 0.277 e. The third-order valence-corrected chi connectivity index (χ3v) is 6.61. The Bertz CT molecular complexity index is 1100. The average molecular weight is 430 g/mol. The van der Waals surface area contributed by atoms with Crippen LogP contribution in [0.4, 0.5) is 10.1 Å². The fourth-order valence-electron chi connectivity index (χ4n) is 3.60. The summed E-state index contributed by atoms with van der Waals surface area (Å²) in [6.45, 7) is 8.16. The van der Waals surface area contributed by atoms with E-state index in [4.69, 9.17) is 0 Å². The van der Waals surface area contributed by atoms with Crippen LogP contribution in [0, 0.1) is 26.6 Å². The molecular formula is C21H24FN5O2S. The Morgan fingerprint density at radius 2 is 1.80 bits per heavy atom. The molecule has 1 aliphatic rings. The van der Waals surface area contributed by atoms with E-state index >= 15 is 0 Å². The molecule has 9 heteroatoms. The lowest BCUT2D eigenvalue weighted by molar-refractivity contribution is -0.130. The van der Waals surface area contributed by atoms with Crippen LogP contribution in [0.5, 0.6) is 0 Å². The van der Waals surface area contributed by atoms with Gasteiger partial charge in [-0.05, 0) is 45.0 Å². The molecule has 0 spiro atoms. The molecular weight excluding hydrogens is 405 g/mol. The molecule has 1 N–H and O–H groups in total. The lowest BCUT2D eigenvalue weighted by atomic mass is 10.1. The zero-order valence-electron chi connectivity index (χ0n) is 17.2. The van der Waals surface area contributed by atoms with Crippen molar-refractivity contribution in [2.24, 2.45) is 0 Å². The van der Waals surface area contributed by atoms with Crippen molar-refractivity contribution in [3.63, 3.8) is 0 Å². The van der Waals surface area contributed by atoms with Gasteiger partial charge in [0.05, 0.1) is 12.1 Å². The number of H-pyrrole nitrogens is 1. The van der Waals surface area contributed by atoms with E-state index in [0.29, 0.717) is 42.6 Å². The highest BCUT2D eigenvalue weighted by molar-refractivity contribution is 7.14. The molecule has 1 fully saturated rings. The molecule has 0 bridgehead atoms. The molecule has 0 aliphatic carbocycles. The largest absolute Gasteiger partial charge is 0.368 e. The number of aryl methyl sites for hydroxylation is 3. The summed E-state index contributed by atoms with van der Waals surface area (Å²) >= 11 is 1.45. The maximum absolute atomic E-state index is 13.1. The molecule has 0 radical (unpaired) electrons. The Labute approximate surface area is 177 Å². The van der Waals surface area contributed by atoms with Crippen LogP contribution in [-0.2, 0) is 11.2 Å². The van der Waals surface area contributed by atoms with E-state index in [2.05, 4.69) is 15.0 Å². The third-order valence-electron chi connectivity index (χ3n) is 5.55. The zero-order chi connectivity index (χ0) is 21.4. The normalized spacial score (nSPS) is 14.4. The van der Waals surface area contributed by atoms with E-state index in [1.54, 1.807) is 24.0 Å². The number of halogens is 1. The number of aromatic amines is 1. The molecule has 1 aromatic carbocycles. The van der Waals surface area contributed by atoms with Crippen molar-refractivity contribution >= 4 is 22.9 Å². The van der Waals surface area contributed by atoms with Crippen molar-refractivity contribution in [1.82, 2.24) is 19.7 Å². The molecule has 1 aliphatic heterocycles. The van der Waals surface area contributed by atoms with Crippen LogP contribution in [0.3, 0.4) is 0 Å². The van der Waals surface area contributed by atoms with Gasteiger partial charge in [0, 0.05) is 48.0 Å². The first-order valence-corrected chi connectivity index (χ1v) is 10.7. The topological polar surface area (TPSA) is 74.2 Å². The molecule has 0 unspecified atom stereocenters. The van der Waals surface area contributed by atoms with Gasteiger partial charge in [0.1, 0.15) is 5.82 Å². The monoisotopic (exact) mass is 429 g/mol. The fourth-order valence-corrected chi connectivity index (χ4v) is 4.47. The van der Waals surface area contributed by atoms with Crippen molar-refractivity contribution in [3.05, 3.63) is 62.3 Å². The highest BCUT2D eigenvalue weighted by Crippen LogP contribution is 2.20. The number of thiazole rings is 1. The van der Waals surface area contributed by atoms with Crippen LogP contribution >= 0.6 is 11.3 Å². The van der Waals surface area contributed by atoms with Gasteiger partial charge in [0.15, 0.2) is 0 Å². The molecule has 7 nitrogen and oxygen atoms in total. The third kappa shape index (κ3) is 3.89. The summed E-state index contributed by atoms with van der Waals surface area (Å²) in [6.07, 6.45) is 0.0635. The predicted octanol–water partition coefficient (Wildman–Crippen LogP) is 2.58. The average Bonchev–Trinajstić information content (AvgIpc) is 3.21. The summed E-state index contributed by atoms with van der Waals surface area (Å²) < 4.78 is 14.5. The number of hydrogen-bond donors (Lipinski definition) is 1. The van der Waals surface area contributed by atoms with E-state index in [1.807, 2.05) is 13.8 Å². The summed E-state index contributed by atoms with van der Waals surface area (Å²) in [5.41, 5.74) is 2.78. The molecule has 1 amide bonds. The molecule has 0 atom stereocenters. The van der Waals surface area contributed by atoms with Gasteiger partial charge < -0.3 is 9.80 Å². The van der Waals surface area contributed by atoms with Crippen LogP contribution in [-0.4, -0.2) is 51.8 Å². The minimum atomic E-state index is -0.261. The Morgan fingerprint density at radius 1 is 1.13 bits per heavy atom. The SMILES string of the molecule is Cc1nc(-n2[nH]c(C)c(CC(=O)N3CCN(c4ccc(F)cc4)CC3)c2=O)sc1C. The lowest BCUT2D eigenvalue weighted by Gasteiger charge is -2.36. The highest BCUT2D eigenvalue weighted by Gasteiger charge is 2.24. The Balaban J connectivity index is 1.43. The van der Waals surface area contributed by atoms with Crippen molar-refractivity contribution in [2.45, 2.75) is 27.2 Å². The number of rotatable bonds is 4. The van der Waals surface area contributed by atoms with Crippen molar-refractivity contribution in [3.8, 4) is 5.13 Å². The van der Waals surface area contributed by atoms with Crippen LogP contribution in [0.15, 0.2) is 29.1 Å². The molecule has 1 saturated heterocycles. The molecule has 4 rings (SSSR count). The number of hydrogen-bond acceptors (Lipinski definition) is 5. The van der Waals surface area contributed by atoms with Crippen LogP contribution < -0.4 is 10.5 Å². The molecule has 0 saturated carbocycles. The second kappa shape index (κ2) is 8.06. The van der Waals surface area contributed by atoms with Gasteiger partial charge in [-0.25, -0.2) is 9.37 Å². The maximum atomic E-state index is 13.1. The quantitative estimate of drug-likeness (QED) is 0.692. The number of nitrogens with one attached hydrogen (secondary N) is 1. The van der Waals surface area contributed by atoms with Gasteiger partial charge >= 0.3 is 0 Å². The first-order chi connectivity index (χ1) is 14.3. The number of carbonyl (C=O) groups excluding carboxylic acids is 1. The summed E-state index contributed by atoms with van der Waals surface area (Å²) in [5.74, 6) is -0.324. The van der Waals surface area contributed by atoms with Crippen LogP contribution in [0.2, 0.25) is 0 Å². The van der Waals surface area contributed by atoms with E-state index in [0.717, 1.165) is 16.3 Å². The Hall–Kier alpha value is -2.94. The minimum Gasteiger partial charge on any atom is -0.368 e. The standard InChI is InChI=1S/C21H24FN5O2S/c1-13-15(3)30-21(23-13)27-20(29)18(14(2)24-27)12-19(28)26-10-8-25(9-11-26)17-6-4-16(22)5-7-17/h4-7,24H,8-12H2,1-3H3. The summed E-state index contributed by atoms with van der Waals surface area (Å²) in [6, 6.07) is 6.39. The highest BCUT2D eigenvalue weighted by atomic mass is 32.1. The van der Waals surface area contributed by atoms with E-state index < -0.39 is 0 Å². The van der Waals surface area contributed by atoms with Gasteiger partial charge in [0.25, 0.3) is 5.56 Å². The molecule has 2 aromatic heterocycles. The van der Waals surface area contributed by atoms with Crippen LogP contribution in [0.1, 0.15) is 21.8 Å². The van der Waals surface area contributed by atoms with E-state index in [9.17, 15) is 14.0 Å². The number of nitrogens with zero attached hydrogens (tertiary/aromatic N) is 4. The Morgan fingerprint density at radius 3 is 2.40 bits per heavy atom. The van der Waals surface area contributed by atoms with Gasteiger partial charge in [-0.15, -0.1) is 0 Å². The van der Waals surface area contributed by atoms with Gasteiger partial charge in [-0.2, -0.15) is 4.68 Å². The van der Waals surface area contributed by atoms with Crippen molar-refractivity contribution in [2.75, 3.05) is 31.1 Å². The van der Waals surface area contributed by atoms with E-state index in [-0.39, 0.29) is 23.7 Å². The number of anilines is 1. The second-order valence-corrected chi connectivity index (χ2v) is 8.70. The first kappa shape index (κ1) is 20.3. The van der Waals surface area contributed by atoms with Gasteiger partial charge in [0.2, 0.25) is 11.0 Å². The summed E-state index contributed by atoms with van der Waals surface area (Å²) in [5, 5.41) is 3.64. The first-order valence-electron chi connectivity index (χ1n) is 9.86. The second-order valence-electron chi connectivity index (χ2n) is 7.51. The van der Waals surface area contributed by atoms with Gasteiger partial charge in [-0.3, -0.25) is 14.7 Å². The summed E-state index contributed by atoms with van der Waals surface area (Å²) in [4.78, 5) is 35.1. The minimum absolute atomic E-state index is 0.0633. The number of amides is 1. The van der Waals surface area contributed by atoms with Crippen molar-refractivity contribution < 1.29 is 9.18 Å². The number of carbonyl (C=O) groups is 1. The number of aromatic nitrogens is 3. The molecule has 3 heterocycles. The number of piperazine rings is 1. The zero-order valence-corrected chi connectivity index (χ0v) is 18.1. The van der Waals surface area contributed by atoms with Crippen molar-refractivity contribution in [1.29, 1.82) is 0 Å². The van der Waals surface area contributed by atoms with Gasteiger partial charge in [-0.1, -0.05) is 11.3 Å². The molecule has 158 valence electrons. The lowest BCUT2D eigenvalue weighted by Crippen LogP contribution is -2.49. The van der Waals surface area contributed by atoms with E-state index in [1.165, 1.54) is 28.2 Å². The molecule has 30 heavy (non-hydrogen) atoms.